The predicted octanol–water partition coefficient (Wildman–Crippen LogP) is 6.42. The third kappa shape index (κ3) is 5.48. The fraction of sp³-hybridized carbons (Fsp3) is 0.233. The van der Waals surface area contributed by atoms with Gasteiger partial charge in [-0.2, -0.15) is 0 Å². The molecule has 4 aromatic rings. The molecule has 5 rings (SSSR count). The number of amides is 1. The molecule has 0 bridgehead atoms. The second kappa shape index (κ2) is 11.0. The number of carbonyl (C=O) groups is 1. The van der Waals surface area contributed by atoms with Crippen LogP contribution in [-0.4, -0.2) is 28.0 Å². The minimum absolute atomic E-state index is 0.0516. The van der Waals surface area contributed by atoms with Gasteiger partial charge < -0.3 is 24.7 Å². The summed E-state index contributed by atoms with van der Waals surface area (Å²) in [5, 5.41) is 18.4. The summed E-state index contributed by atoms with van der Waals surface area (Å²) in [6, 6.07) is 20.1. The smallest absolute Gasteiger partial charge is 0.280 e. The summed E-state index contributed by atoms with van der Waals surface area (Å²) >= 11 is 5.81. The molecule has 0 radical (unpaired) electrons. The zero-order valence-corrected chi connectivity index (χ0v) is 23.8. The first-order valence-electron chi connectivity index (χ1n) is 12.9. The first-order valence-corrected chi connectivity index (χ1v) is 13.3. The van der Waals surface area contributed by atoms with Crippen LogP contribution in [-0.2, 0) is 4.79 Å². The summed E-state index contributed by atoms with van der Waals surface area (Å²) in [6.45, 7) is 5.50. The van der Waals surface area contributed by atoms with Gasteiger partial charge in [-0.1, -0.05) is 39.0 Å². The molecule has 41 heavy (non-hydrogen) atoms. The molecule has 1 fully saturated rings. The van der Waals surface area contributed by atoms with E-state index < -0.39 is 16.4 Å². The molecule has 1 aliphatic heterocycles. The van der Waals surface area contributed by atoms with Crippen molar-refractivity contribution in [2.45, 2.75) is 32.9 Å². The van der Waals surface area contributed by atoms with Gasteiger partial charge in [-0.3, -0.25) is 19.9 Å². The van der Waals surface area contributed by atoms with Crippen LogP contribution < -0.4 is 20.3 Å². The number of nitro benzene ring substituents is 1. The average Bonchev–Trinajstić information content (AvgIpc) is 3.58. The van der Waals surface area contributed by atoms with E-state index in [-0.39, 0.29) is 17.6 Å². The second-order valence-corrected chi connectivity index (χ2v) is 10.9. The lowest BCUT2D eigenvalue weighted by Crippen LogP contribution is -2.30. The minimum atomic E-state index is -0.587. The molecule has 210 valence electrons. The Labute approximate surface area is 242 Å². The molecular formula is C30H29N5O5S. The molecule has 0 saturated carbocycles. The fourth-order valence-electron chi connectivity index (χ4n) is 4.66. The molecule has 0 aliphatic carbocycles. The van der Waals surface area contributed by atoms with E-state index in [4.69, 9.17) is 21.4 Å². The van der Waals surface area contributed by atoms with Crippen molar-refractivity contribution in [2.24, 2.45) is 5.41 Å². The number of nitrogens with zero attached hydrogens (tertiary/aromatic N) is 3. The van der Waals surface area contributed by atoms with Crippen LogP contribution in [0.15, 0.2) is 83.4 Å². The number of nitrogens with one attached hydrogen (secondary N) is 2. The van der Waals surface area contributed by atoms with Gasteiger partial charge in [0, 0.05) is 29.4 Å². The first kappa shape index (κ1) is 27.8. The number of aromatic nitrogens is 1. The third-order valence-corrected chi connectivity index (χ3v) is 7.09. The zero-order chi connectivity index (χ0) is 29.3. The molecular weight excluding hydrogens is 542 g/mol. The van der Waals surface area contributed by atoms with E-state index in [0.29, 0.717) is 39.3 Å². The monoisotopic (exact) mass is 571 g/mol. The Morgan fingerprint density at radius 2 is 1.88 bits per heavy atom. The van der Waals surface area contributed by atoms with Crippen LogP contribution in [0.4, 0.5) is 17.1 Å². The number of anilines is 2. The molecule has 10 nitrogen and oxygen atoms in total. The lowest BCUT2D eigenvalue weighted by Gasteiger charge is -2.27. The number of methoxy groups -OCH3 is 1. The Kier molecular flexibility index (Phi) is 7.46. The Hall–Kier alpha value is -4.77. The number of furan rings is 1. The van der Waals surface area contributed by atoms with E-state index in [2.05, 4.69) is 15.6 Å². The highest BCUT2D eigenvalue weighted by Crippen LogP contribution is 2.45. The Morgan fingerprint density at radius 1 is 1.12 bits per heavy atom. The van der Waals surface area contributed by atoms with Gasteiger partial charge in [-0.25, -0.2) is 0 Å². The van der Waals surface area contributed by atoms with Crippen LogP contribution in [0.3, 0.4) is 0 Å². The van der Waals surface area contributed by atoms with Gasteiger partial charge in [0.25, 0.3) is 5.69 Å². The molecule has 1 aliphatic rings. The predicted molar refractivity (Wildman–Crippen MR) is 160 cm³/mol. The van der Waals surface area contributed by atoms with Crippen molar-refractivity contribution in [3.8, 4) is 17.1 Å². The highest BCUT2D eigenvalue weighted by Gasteiger charge is 2.43. The van der Waals surface area contributed by atoms with Gasteiger partial charge in [-0.05, 0) is 54.7 Å². The van der Waals surface area contributed by atoms with Crippen molar-refractivity contribution in [2.75, 3.05) is 17.3 Å². The fourth-order valence-corrected chi connectivity index (χ4v) is 5.01. The summed E-state index contributed by atoms with van der Waals surface area (Å²) in [6.07, 6.45) is 1.70. The van der Waals surface area contributed by atoms with Crippen molar-refractivity contribution in [3.05, 3.63) is 101 Å². The maximum absolute atomic E-state index is 12.6. The number of carbonyl (C=O) groups excluding carboxylic acids is 1. The molecule has 1 amide bonds. The zero-order valence-electron chi connectivity index (χ0n) is 23.0. The standard InChI is InChI=1S/C30H29N5O5S/c1-30(2,3)28(36)32-20-13-12-18(17-25(20)39-4)34-27(26(33-29(34)41)21-10-7-8-16-31-21)24-15-14-23(40-24)19-9-5-6-11-22(19)35(37)38/h5-17,26-27H,1-4H3,(H,32,36)(H,33,41)/t26-,27-/m1/s1. The van der Waals surface area contributed by atoms with Crippen LogP contribution in [0.1, 0.15) is 44.3 Å². The minimum Gasteiger partial charge on any atom is -0.494 e. The maximum Gasteiger partial charge on any atom is 0.280 e. The number of pyridine rings is 1. The number of rotatable bonds is 7. The van der Waals surface area contributed by atoms with E-state index in [1.807, 2.05) is 49.9 Å². The summed E-state index contributed by atoms with van der Waals surface area (Å²) in [5.41, 5.74) is 1.70. The van der Waals surface area contributed by atoms with Gasteiger partial charge in [0.1, 0.15) is 23.3 Å². The molecule has 2 aromatic heterocycles. The normalized spacial score (nSPS) is 16.8. The summed E-state index contributed by atoms with van der Waals surface area (Å²) in [4.78, 5) is 30.3. The van der Waals surface area contributed by atoms with Gasteiger partial charge >= 0.3 is 0 Å². The van der Waals surface area contributed by atoms with Crippen LogP contribution in [0.2, 0.25) is 0 Å². The molecule has 2 N–H and O–H groups in total. The van der Waals surface area contributed by atoms with Crippen molar-refractivity contribution in [1.29, 1.82) is 0 Å². The molecule has 2 atom stereocenters. The van der Waals surface area contributed by atoms with Crippen LogP contribution >= 0.6 is 12.2 Å². The lowest BCUT2D eigenvalue weighted by molar-refractivity contribution is -0.384. The first-order chi connectivity index (χ1) is 19.6. The van der Waals surface area contributed by atoms with Crippen molar-refractivity contribution in [3.63, 3.8) is 0 Å². The van der Waals surface area contributed by atoms with Crippen LogP contribution in [0, 0.1) is 15.5 Å². The highest BCUT2D eigenvalue weighted by atomic mass is 32.1. The molecule has 11 heteroatoms. The quantitative estimate of drug-likeness (QED) is 0.147. The van der Waals surface area contributed by atoms with E-state index >= 15 is 0 Å². The number of thiocarbonyl (C=S) groups is 1. The van der Waals surface area contributed by atoms with Crippen LogP contribution in [0.5, 0.6) is 5.75 Å². The van der Waals surface area contributed by atoms with E-state index in [0.717, 1.165) is 5.69 Å². The highest BCUT2D eigenvalue weighted by molar-refractivity contribution is 7.80. The number of hydrogen-bond donors (Lipinski definition) is 2. The summed E-state index contributed by atoms with van der Waals surface area (Å²) in [5.74, 6) is 1.21. The molecule has 3 heterocycles. The van der Waals surface area contributed by atoms with Gasteiger partial charge in [0.2, 0.25) is 5.91 Å². The van der Waals surface area contributed by atoms with E-state index in [1.54, 1.807) is 48.7 Å². The molecule has 0 unspecified atom stereocenters. The number of ether oxygens (including phenoxy) is 1. The second-order valence-electron chi connectivity index (χ2n) is 10.6. The van der Waals surface area contributed by atoms with Crippen molar-refractivity contribution in [1.82, 2.24) is 10.3 Å². The van der Waals surface area contributed by atoms with E-state index in [1.165, 1.54) is 13.2 Å². The summed E-state index contributed by atoms with van der Waals surface area (Å²) < 4.78 is 11.9. The van der Waals surface area contributed by atoms with Gasteiger partial charge in [-0.15, -0.1) is 0 Å². The summed E-state index contributed by atoms with van der Waals surface area (Å²) in [7, 11) is 1.53. The van der Waals surface area contributed by atoms with Crippen molar-refractivity contribution < 1.29 is 18.9 Å². The van der Waals surface area contributed by atoms with E-state index in [9.17, 15) is 14.9 Å². The number of nitro groups is 1. The molecule has 0 spiro atoms. The van der Waals surface area contributed by atoms with Gasteiger partial charge in [0.05, 0.1) is 35.0 Å². The largest absolute Gasteiger partial charge is 0.494 e. The number of hydrogen-bond acceptors (Lipinski definition) is 7. The maximum atomic E-state index is 12.6. The SMILES string of the molecule is COc1cc(N2C(=S)N[C@H](c3ccccn3)[C@H]2c2ccc(-c3ccccc3[N+](=O)[O-])o2)ccc1NC(=O)C(C)(C)C. The number of para-hydroxylation sites is 1. The average molecular weight is 572 g/mol. The van der Waals surface area contributed by atoms with Crippen LogP contribution in [0.25, 0.3) is 11.3 Å². The van der Waals surface area contributed by atoms with Gasteiger partial charge in [0.15, 0.2) is 5.11 Å². The number of benzene rings is 2. The Bertz CT molecular complexity index is 1620. The third-order valence-electron chi connectivity index (χ3n) is 6.78. The topological polar surface area (TPSA) is 123 Å². The molecule has 1 saturated heterocycles. The Morgan fingerprint density at radius 3 is 2.56 bits per heavy atom. The Balaban J connectivity index is 1.58. The molecule has 2 aromatic carbocycles. The lowest BCUT2D eigenvalue weighted by atomic mass is 9.95. The van der Waals surface area contributed by atoms with Crippen molar-refractivity contribution >= 4 is 40.3 Å².